The Balaban J connectivity index is 2.09. The lowest BCUT2D eigenvalue weighted by Crippen LogP contribution is -2.13. The Bertz CT molecular complexity index is 681. The molecule has 0 aliphatic rings. The Morgan fingerprint density at radius 1 is 1.00 bits per heavy atom. The van der Waals surface area contributed by atoms with Crippen LogP contribution >= 0.6 is 11.8 Å². The molecule has 0 aromatic heterocycles. The highest BCUT2D eigenvalue weighted by molar-refractivity contribution is 8.02. The quantitative estimate of drug-likeness (QED) is 0.475. The van der Waals surface area contributed by atoms with Crippen molar-refractivity contribution in [3.63, 3.8) is 0 Å². The number of alkyl halides is 3. The van der Waals surface area contributed by atoms with Crippen molar-refractivity contribution in [1.82, 2.24) is 0 Å². The first kappa shape index (κ1) is 16.2. The van der Waals surface area contributed by atoms with E-state index < -0.39 is 17.6 Å². The van der Waals surface area contributed by atoms with Crippen molar-refractivity contribution in [2.75, 3.05) is 0 Å². The molecule has 0 unspecified atom stereocenters. The van der Waals surface area contributed by atoms with Crippen LogP contribution in [-0.4, -0.2) is 5.90 Å². The van der Waals surface area contributed by atoms with E-state index in [9.17, 15) is 18.3 Å². The monoisotopic (exact) mass is 322 g/mol. The molecule has 2 rings (SSSR count). The summed E-state index contributed by atoms with van der Waals surface area (Å²) in [4.78, 5) is 3.84. The third-order valence-corrected chi connectivity index (χ3v) is 3.48. The molecule has 0 N–H and O–H groups in total. The molecular formula is C16H11F3NOS-. The molecule has 114 valence electrons. The normalized spacial score (nSPS) is 12.8. The van der Waals surface area contributed by atoms with Crippen molar-refractivity contribution in [2.45, 2.75) is 11.1 Å². The average molecular weight is 322 g/mol. The van der Waals surface area contributed by atoms with Gasteiger partial charge in [0.1, 0.15) is 0 Å². The van der Waals surface area contributed by atoms with Gasteiger partial charge >= 0.3 is 6.18 Å². The summed E-state index contributed by atoms with van der Waals surface area (Å²) >= 11 is 0.831. The predicted octanol–water partition coefficient (Wildman–Crippen LogP) is 4.40. The van der Waals surface area contributed by atoms with Gasteiger partial charge in [-0.25, -0.2) is 0 Å². The number of hydrogen-bond acceptors (Lipinski definition) is 3. The van der Waals surface area contributed by atoms with Crippen LogP contribution < -0.4 is 5.11 Å². The van der Waals surface area contributed by atoms with E-state index in [1.165, 1.54) is 23.6 Å². The molecular weight excluding hydrogens is 311 g/mol. The maximum Gasteiger partial charge on any atom is 0.417 e. The third-order valence-electron chi connectivity index (χ3n) is 2.59. The number of hydrogen-bond donors (Lipinski definition) is 0. The van der Waals surface area contributed by atoms with Crippen LogP contribution in [0, 0.1) is 0 Å². The van der Waals surface area contributed by atoms with E-state index in [0.29, 0.717) is 5.69 Å². The number of nitrogens with zero attached hydrogens (tertiary/aromatic N) is 1. The first-order valence-electron chi connectivity index (χ1n) is 6.27. The van der Waals surface area contributed by atoms with E-state index in [2.05, 4.69) is 4.99 Å². The summed E-state index contributed by atoms with van der Waals surface area (Å²) in [5.41, 5.74) is -0.227. The van der Waals surface area contributed by atoms with Crippen LogP contribution in [0.5, 0.6) is 0 Å². The van der Waals surface area contributed by atoms with E-state index in [-0.39, 0.29) is 4.90 Å². The lowest BCUT2D eigenvalue weighted by atomic mass is 10.2. The molecule has 0 saturated carbocycles. The van der Waals surface area contributed by atoms with E-state index in [4.69, 9.17) is 0 Å². The van der Waals surface area contributed by atoms with Gasteiger partial charge in [0, 0.05) is 4.90 Å². The minimum absolute atomic E-state index is 0.0405. The van der Waals surface area contributed by atoms with Crippen LogP contribution in [0.2, 0.25) is 0 Å². The van der Waals surface area contributed by atoms with Gasteiger partial charge < -0.3 is 5.11 Å². The van der Waals surface area contributed by atoms with Gasteiger partial charge in [0.15, 0.2) is 0 Å². The van der Waals surface area contributed by atoms with Gasteiger partial charge in [0.05, 0.1) is 11.3 Å². The van der Waals surface area contributed by atoms with Crippen molar-refractivity contribution >= 4 is 23.3 Å². The molecule has 0 fully saturated rings. The van der Waals surface area contributed by atoms with Crippen LogP contribution in [0.15, 0.2) is 76.0 Å². The summed E-state index contributed by atoms with van der Waals surface area (Å²) in [6.07, 6.45) is -3.28. The second-order valence-electron chi connectivity index (χ2n) is 4.20. The Labute approximate surface area is 130 Å². The molecule has 0 radical (unpaired) electrons. The van der Waals surface area contributed by atoms with E-state index in [1.807, 2.05) is 0 Å². The Hall–Kier alpha value is -2.21. The topological polar surface area (TPSA) is 35.4 Å². The van der Waals surface area contributed by atoms with Gasteiger partial charge in [-0.15, -0.1) is 0 Å². The molecule has 0 aliphatic carbocycles. The fourth-order valence-electron chi connectivity index (χ4n) is 1.64. The summed E-state index contributed by atoms with van der Waals surface area (Å²) in [5.74, 6) is -0.525. The van der Waals surface area contributed by atoms with Crippen molar-refractivity contribution in [3.8, 4) is 0 Å². The maximum absolute atomic E-state index is 12.8. The summed E-state index contributed by atoms with van der Waals surface area (Å²) in [6, 6.07) is 13.8. The highest BCUT2D eigenvalue weighted by atomic mass is 32.2. The minimum Gasteiger partial charge on any atom is -0.859 e. The van der Waals surface area contributed by atoms with Crippen LogP contribution in [0.4, 0.5) is 18.9 Å². The highest BCUT2D eigenvalue weighted by Crippen LogP contribution is 2.36. The largest absolute Gasteiger partial charge is 0.859 e. The summed E-state index contributed by atoms with van der Waals surface area (Å²) in [6.45, 7) is 0. The van der Waals surface area contributed by atoms with Crippen molar-refractivity contribution in [1.29, 1.82) is 0 Å². The number of thioether (sulfide) groups is 1. The van der Waals surface area contributed by atoms with Crippen molar-refractivity contribution in [2.24, 2.45) is 4.99 Å². The minimum atomic E-state index is -4.42. The second kappa shape index (κ2) is 7.17. The number of halogens is 3. The summed E-state index contributed by atoms with van der Waals surface area (Å²) < 4.78 is 38.4. The van der Waals surface area contributed by atoms with Gasteiger partial charge in [-0.3, -0.25) is 4.99 Å². The number of rotatable bonds is 4. The molecule has 0 spiro atoms. The zero-order valence-corrected chi connectivity index (χ0v) is 12.1. The Morgan fingerprint density at radius 2 is 1.64 bits per heavy atom. The molecule has 6 heteroatoms. The first-order valence-corrected chi connectivity index (χ1v) is 7.15. The van der Waals surface area contributed by atoms with Gasteiger partial charge in [-0.05, 0) is 41.6 Å². The first-order chi connectivity index (χ1) is 10.5. The van der Waals surface area contributed by atoms with Crippen LogP contribution in [-0.2, 0) is 6.18 Å². The van der Waals surface area contributed by atoms with Crippen molar-refractivity contribution in [3.05, 3.63) is 71.6 Å². The molecule has 2 aromatic rings. The molecule has 0 aliphatic heterocycles. The fourth-order valence-corrected chi connectivity index (χ4v) is 2.44. The zero-order chi connectivity index (χ0) is 16.0. The maximum atomic E-state index is 12.8. The molecule has 22 heavy (non-hydrogen) atoms. The van der Waals surface area contributed by atoms with Gasteiger partial charge in [-0.1, -0.05) is 42.1 Å². The number of benzene rings is 2. The lowest BCUT2D eigenvalue weighted by Gasteiger charge is -2.10. The molecule has 0 saturated heterocycles. The molecule has 2 aromatic carbocycles. The number of para-hydroxylation sites is 1. The van der Waals surface area contributed by atoms with E-state index >= 15 is 0 Å². The van der Waals surface area contributed by atoms with E-state index in [0.717, 1.165) is 23.9 Å². The van der Waals surface area contributed by atoms with Crippen LogP contribution in [0.1, 0.15) is 5.56 Å². The molecule has 2 nitrogen and oxygen atoms in total. The number of aliphatic imine (C=N–C) groups is 1. The second-order valence-corrected chi connectivity index (χ2v) is 5.15. The van der Waals surface area contributed by atoms with Gasteiger partial charge in [-0.2, -0.15) is 13.2 Å². The van der Waals surface area contributed by atoms with Gasteiger partial charge in [0.25, 0.3) is 0 Å². The Morgan fingerprint density at radius 3 is 2.32 bits per heavy atom. The zero-order valence-electron chi connectivity index (χ0n) is 11.2. The third kappa shape index (κ3) is 4.66. The molecule has 0 heterocycles. The molecule has 0 bridgehead atoms. The molecule has 0 amide bonds. The van der Waals surface area contributed by atoms with Gasteiger partial charge in [0.2, 0.25) is 0 Å². The smallest absolute Gasteiger partial charge is 0.417 e. The lowest BCUT2D eigenvalue weighted by molar-refractivity contribution is -0.211. The standard InChI is InChI=1S/C16H12F3NOS/c17-16(18,19)13-8-4-5-9-14(13)22-11-10-15(21)20-12-6-2-1-3-7-12/h1-11H,(H,20,21)/p-1. The van der Waals surface area contributed by atoms with Crippen LogP contribution in [0.3, 0.4) is 0 Å². The van der Waals surface area contributed by atoms with Crippen LogP contribution in [0.25, 0.3) is 0 Å². The van der Waals surface area contributed by atoms with E-state index in [1.54, 1.807) is 30.3 Å². The summed E-state index contributed by atoms with van der Waals surface area (Å²) in [7, 11) is 0. The predicted molar refractivity (Wildman–Crippen MR) is 80.0 cm³/mol. The highest BCUT2D eigenvalue weighted by Gasteiger charge is 2.32. The SMILES string of the molecule is [O-]C(C=CSc1ccccc1C(F)(F)F)=Nc1ccccc1. The summed E-state index contributed by atoms with van der Waals surface area (Å²) in [5, 5.41) is 12.9. The fraction of sp³-hybridized carbons (Fsp3) is 0.0625. The van der Waals surface area contributed by atoms with Crippen molar-refractivity contribution < 1.29 is 18.3 Å². The Kier molecular flexibility index (Phi) is 5.27. The average Bonchev–Trinajstić information content (AvgIpc) is 2.48. The molecule has 0 atom stereocenters.